The zero-order chi connectivity index (χ0) is 18.4. The predicted octanol–water partition coefficient (Wildman–Crippen LogP) is -1.06. The first-order valence-corrected chi connectivity index (χ1v) is 7.57. The summed E-state index contributed by atoms with van der Waals surface area (Å²) in [6, 6.07) is 0. The lowest BCUT2D eigenvalue weighted by Crippen LogP contribution is -2.21. The summed E-state index contributed by atoms with van der Waals surface area (Å²) in [6.45, 7) is 3.80. The molecule has 0 aliphatic rings. The molecule has 12 heteroatoms. The van der Waals surface area contributed by atoms with Crippen LogP contribution in [0.3, 0.4) is 0 Å². The maximum Gasteiger partial charge on any atom is 0.225 e. The molecule has 0 saturated carbocycles. The third-order valence-electron chi connectivity index (χ3n) is 3.08. The van der Waals surface area contributed by atoms with Gasteiger partial charge < -0.3 is 32.4 Å². The fraction of sp³-hybridized carbons (Fsp3) is 0.538. The molecular formula is C13H22N10O2. The molecule has 2 unspecified atom stereocenters. The van der Waals surface area contributed by atoms with E-state index in [-0.39, 0.29) is 42.8 Å². The van der Waals surface area contributed by atoms with Gasteiger partial charge in [0.25, 0.3) is 0 Å². The number of nitrogens with zero attached hydrogens (tertiary/aromatic N) is 6. The second-order valence-corrected chi connectivity index (χ2v) is 5.42. The molecule has 2 heterocycles. The van der Waals surface area contributed by atoms with Crippen molar-refractivity contribution in [1.29, 1.82) is 0 Å². The van der Waals surface area contributed by atoms with Crippen LogP contribution in [0.1, 0.15) is 25.5 Å². The zero-order valence-corrected chi connectivity index (χ0v) is 14.1. The van der Waals surface area contributed by atoms with E-state index in [2.05, 4.69) is 29.9 Å². The maximum atomic E-state index is 5.57. The van der Waals surface area contributed by atoms with Crippen molar-refractivity contribution in [2.24, 2.45) is 0 Å². The van der Waals surface area contributed by atoms with E-state index in [1.165, 1.54) is 0 Å². The Bertz CT molecular complexity index is 613. The summed E-state index contributed by atoms with van der Waals surface area (Å²) in [4.78, 5) is 23.4. The smallest absolute Gasteiger partial charge is 0.225 e. The summed E-state index contributed by atoms with van der Waals surface area (Å²) in [7, 11) is 0. The van der Waals surface area contributed by atoms with Crippen LogP contribution in [0.15, 0.2) is 0 Å². The molecule has 0 fully saturated rings. The number of aromatic nitrogens is 6. The monoisotopic (exact) mass is 350 g/mol. The van der Waals surface area contributed by atoms with Crippen LogP contribution in [0.4, 0.5) is 23.8 Å². The van der Waals surface area contributed by atoms with Crippen LogP contribution < -0.4 is 22.9 Å². The van der Waals surface area contributed by atoms with Gasteiger partial charge in [0.2, 0.25) is 23.8 Å². The molecule has 136 valence electrons. The van der Waals surface area contributed by atoms with Gasteiger partial charge in [-0.3, -0.25) is 0 Å². The van der Waals surface area contributed by atoms with Crippen molar-refractivity contribution in [2.45, 2.75) is 38.9 Å². The second kappa shape index (κ2) is 8.30. The fourth-order valence-corrected chi connectivity index (χ4v) is 2.00. The normalized spacial score (nSPS) is 13.5. The van der Waals surface area contributed by atoms with Crippen molar-refractivity contribution in [3.05, 3.63) is 11.6 Å². The lowest BCUT2D eigenvalue weighted by molar-refractivity contribution is -0.109. The third-order valence-corrected chi connectivity index (χ3v) is 3.08. The third kappa shape index (κ3) is 6.27. The van der Waals surface area contributed by atoms with Gasteiger partial charge in [0.1, 0.15) is 18.4 Å². The molecule has 0 radical (unpaired) electrons. The number of nitrogens with two attached hydrogens (primary N) is 4. The molecule has 0 aliphatic heterocycles. The van der Waals surface area contributed by atoms with E-state index in [4.69, 9.17) is 32.4 Å². The maximum absolute atomic E-state index is 5.57. The SMILES string of the molecule is CC(Cc1nc(N)nc(N)n1)OCOC(C)Cc1nc(N)nc(N)n1. The average Bonchev–Trinajstić information content (AvgIpc) is 2.44. The van der Waals surface area contributed by atoms with Crippen molar-refractivity contribution in [3.63, 3.8) is 0 Å². The van der Waals surface area contributed by atoms with Crippen molar-refractivity contribution < 1.29 is 9.47 Å². The van der Waals surface area contributed by atoms with Crippen LogP contribution in [0.2, 0.25) is 0 Å². The van der Waals surface area contributed by atoms with Gasteiger partial charge >= 0.3 is 0 Å². The van der Waals surface area contributed by atoms with Crippen LogP contribution >= 0.6 is 0 Å². The Labute approximate surface area is 144 Å². The van der Waals surface area contributed by atoms with Crippen molar-refractivity contribution >= 4 is 23.8 Å². The highest BCUT2D eigenvalue weighted by atomic mass is 16.7. The standard InChI is InChI=1S/C13H22N10O2/c1-6(3-8-18-10(14)22-11(15)19-8)24-5-25-7(2)4-9-20-12(16)23-13(17)21-9/h6-7H,3-5H2,1-2H3,(H4,14,15,18,19,22)(H4,16,17,20,21,23). The van der Waals surface area contributed by atoms with Crippen molar-refractivity contribution in [1.82, 2.24) is 29.9 Å². The molecule has 2 aromatic rings. The number of nitrogen functional groups attached to an aromatic ring is 4. The summed E-state index contributed by atoms with van der Waals surface area (Å²) in [5.74, 6) is 1.24. The van der Waals surface area contributed by atoms with Crippen LogP contribution in [0.5, 0.6) is 0 Å². The van der Waals surface area contributed by atoms with Gasteiger partial charge in [0.05, 0.1) is 12.2 Å². The minimum absolute atomic E-state index is 0.0778. The molecule has 0 amide bonds. The largest absolute Gasteiger partial charge is 0.368 e. The molecule has 0 aliphatic carbocycles. The molecule has 12 nitrogen and oxygen atoms in total. The van der Waals surface area contributed by atoms with Gasteiger partial charge in [0, 0.05) is 12.8 Å². The topological polar surface area (TPSA) is 200 Å². The Kier molecular flexibility index (Phi) is 6.14. The van der Waals surface area contributed by atoms with E-state index in [1.54, 1.807) is 0 Å². The number of anilines is 4. The fourth-order valence-electron chi connectivity index (χ4n) is 2.00. The highest BCUT2D eigenvalue weighted by Gasteiger charge is 2.12. The first-order chi connectivity index (χ1) is 11.8. The molecule has 2 rings (SSSR count). The zero-order valence-electron chi connectivity index (χ0n) is 14.1. The van der Waals surface area contributed by atoms with E-state index in [1.807, 2.05) is 13.8 Å². The van der Waals surface area contributed by atoms with Gasteiger partial charge in [0.15, 0.2) is 0 Å². The Hall–Kier alpha value is -2.86. The average molecular weight is 350 g/mol. The molecule has 2 atom stereocenters. The van der Waals surface area contributed by atoms with Crippen molar-refractivity contribution in [3.8, 4) is 0 Å². The number of hydrogen-bond acceptors (Lipinski definition) is 12. The Morgan fingerprint density at radius 2 is 0.960 bits per heavy atom. The Balaban J connectivity index is 1.75. The summed E-state index contributed by atoms with van der Waals surface area (Å²) in [5.41, 5.74) is 22.1. The molecule has 0 aromatic carbocycles. The molecule has 25 heavy (non-hydrogen) atoms. The highest BCUT2D eigenvalue weighted by molar-refractivity contribution is 5.26. The van der Waals surface area contributed by atoms with Gasteiger partial charge in [-0.1, -0.05) is 0 Å². The van der Waals surface area contributed by atoms with Crippen LogP contribution in [0.25, 0.3) is 0 Å². The molecule has 8 N–H and O–H groups in total. The van der Waals surface area contributed by atoms with E-state index in [0.717, 1.165) is 0 Å². The number of rotatable bonds is 8. The summed E-state index contributed by atoms with van der Waals surface area (Å²) in [5, 5.41) is 0. The predicted molar refractivity (Wildman–Crippen MR) is 90.7 cm³/mol. The quantitative estimate of drug-likeness (QED) is 0.421. The minimum atomic E-state index is -0.197. The van der Waals surface area contributed by atoms with Gasteiger partial charge in [-0.2, -0.15) is 29.9 Å². The Morgan fingerprint density at radius 3 is 1.28 bits per heavy atom. The number of hydrogen-bond donors (Lipinski definition) is 4. The lowest BCUT2D eigenvalue weighted by atomic mass is 10.2. The summed E-state index contributed by atoms with van der Waals surface area (Å²) in [6.07, 6.45) is 0.457. The number of ether oxygens (including phenoxy) is 2. The first-order valence-electron chi connectivity index (χ1n) is 7.57. The summed E-state index contributed by atoms with van der Waals surface area (Å²) >= 11 is 0. The first kappa shape index (κ1) is 18.5. The van der Waals surface area contributed by atoms with Crippen LogP contribution in [-0.4, -0.2) is 48.9 Å². The van der Waals surface area contributed by atoms with Crippen LogP contribution in [0, 0.1) is 0 Å². The highest BCUT2D eigenvalue weighted by Crippen LogP contribution is 2.07. The lowest BCUT2D eigenvalue weighted by Gasteiger charge is -2.16. The summed E-state index contributed by atoms with van der Waals surface area (Å²) < 4.78 is 11.1. The van der Waals surface area contributed by atoms with E-state index in [9.17, 15) is 0 Å². The van der Waals surface area contributed by atoms with E-state index >= 15 is 0 Å². The second-order valence-electron chi connectivity index (χ2n) is 5.42. The molecule has 0 saturated heterocycles. The molecule has 2 aromatic heterocycles. The van der Waals surface area contributed by atoms with Crippen LogP contribution in [-0.2, 0) is 22.3 Å². The van der Waals surface area contributed by atoms with Crippen molar-refractivity contribution in [2.75, 3.05) is 29.7 Å². The molecular weight excluding hydrogens is 328 g/mol. The Morgan fingerprint density at radius 1 is 0.640 bits per heavy atom. The van der Waals surface area contributed by atoms with Gasteiger partial charge in [-0.15, -0.1) is 0 Å². The van der Waals surface area contributed by atoms with Gasteiger partial charge in [-0.05, 0) is 13.8 Å². The molecule has 0 bridgehead atoms. The molecule has 0 spiro atoms. The minimum Gasteiger partial charge on any atom is -0.368 e. The van der Waals surface area contributed by atoms with E-state index < -0.39 is 0 Å². The van der Waals surface area contributed by atoms with Gasteiger partial charge in [-0.25, -0.2) is 0 Å². The van der Waals surface area contributed by atoms with E-state index in [0.29, 0.717) is 24.5 Å².